The van der Waals surface area contributed by atoms with Gasteiger partial charge in [-0.2, -0.15) is 9.98 Å². The summed E-state index contributed by atoms with van der Waals surface area (Å²) in [6.07, 6.45) is 0. The molecule has 142 valence electrons. The monoisotopic (exact) mass is 399 g/mol. The number of hydrogen-bond donors (Lipinski definition) is 1. The lowest BCUT2D eigenvalue weighted by atomic mass is 10.1. The zero-order valence-corrected chi connectivity index (χ0v) is 15.3. The number of imide groups is 1. The fourth-order valence-electron chi connectivity index (χ4n) is 2.50. The van der Waals surface area contributed by atoms with Crippen LogP contribution in [0, 0.1) is 11.3 Å². The molecule has 10 heteroatoms. The summed E-state index contributed by atoms with van der Waals surface area (Å²) < 4.78 is 26.9. The summed E-state index contributed by atoms with van der Waals surface area (Å²) in [6.45, 7) is 1.20. The van der Waals surface area contributed by atoms with E-state index in [1.54, 1.807) is 12.1 Å². The summed E-state index contributed by atoms with van der Waals surface area (Å²) >= 11 is 0. The van der Waals surface area contributed by atoms with Crippen molar-refractivity contribution in [2.75, 3.05) is 0 Å². The molecule has 1 N–H and O–H groups in total. The number of benzene rings is 2. The topological polar surface area (TPSA) is 134 Å². The average Bonchev–Trinajstić information content (AvgIpc) is 2.93. The minimum atomic E-state index is -4.14. The van der Waals surface area contributed by atoms with E-state index in [2.05, 4.69) is 4.72 Å². The maximum atomic E-state index is 12.4. The van der Waals surface area contributed by atoms with Crippen LogP contribution in [0.5, 0.6) is 0 Å². The Morgan fingerprint density at radius 1 is 1.11 bits per heavy atom. The van der Waals surface area contributed by atoms with Crippen molar-refractivity contribution in [2.45, 2.75) is 17.9 Å². The van der Waals surface area contributed by atoms with Gasteiger partial charge in [0.15, 0.2) is 0 Å². The number of carbonyl (C=O) groups excluding carboxylic acids is 3. The second-order valence-electron chi connectivity index (χ2n) is 5.84. The molecule has 0 spiro atoms. The highest BCUT2D eigenvalue weighted by atomic mass is 32.2. The van der Waals surface area contributed by atoms with Crippen molar-refractivity contribution in [1.29, 1.82) is 5.26 Å². The number of sulfonamides is 1. The van der Waals surface area contributed by atoms with Crippen LogP contribution in [0.4, 0.5) is 0 Å². The number of nitriles is 1. The van der Waals surface area contributed by atoms with E-state index in [0.29, 0.717) is 5.06 Å². The van der Waals surface area contributed by atoms with Crippen molar-refractivity contribution in [3.05, 3.63) is 65.2 Å². The lowest BCUT2D eigenvalue weighted by Crippen LogP contribution is -2.43. The highest BCUT2D eigenvalue weighted by Gasteiger charge is 2.39. The summed E-state index contributed by atoms with van der Waals surface area (Å²) in [6, 6.07) is 11.6. The molecule has 1 atom stereocenters. The third-order valence-corrected chi connectivity index (χ3v) is 5.44. The van der Waals surface area contributed by atoms with Crippen LogP contribution in [0.25, 0.3) is 0 Å². The van der Waals surface area contributed by atoms with Gasteiger partial charge in [0.1, 0.15) is 6.04 Å². The molecule has 9 nitrogen and oxygen atoms in total. The molecule has 1 heterocycles. The standard InChI is InChI=1S/C18H13N3O6S/c1-11(20-28(25,26)13-6-4-5-12(9-13)10-19)18(24)27-21-16(22)14-7-2-3-8-15(14)17(21)23/h2-9,11,20H,1H3. The summed E-state index contributed by atoms with van der Waals surface area (Å²) in [5.41, 5.74) is 0.299. The summed E-state index contributed by atoms with van der Waals surface area (Å²) in [4.78, 5) is 41.2. The largest absolute Gasteiger partial charge is 0.350 e. The Kier molecular flexibility index (Phi) is 4.96. The molecule has 1 aliphatic heterocycles. The molecule has 1 aliphatic rings. The van der Waals surface area contributed by atoms with Gasteiger partial charge < -0.3 is 4.84 Å². The lowest BCUT2D eigenvalue weighted by molar-refractivity contribution is -0.170. The zero-order valence-electron chi connectivity index (χ0n) is 14.4. The molecule has 2 aromatic carbocycles. The molecular formula is C18H13N3O6S. The molecule has 3 rings (SSSR count). The highest BCUT2D eigenvalue weighted by Crippen LogP contribution is 2.23. The van der Waals surface area contributed by atoms with Crippen molar-refractivity contribution in [3.8, 4) is 6.07 Å². The van der Waals surface area contributed by atoms with E-state index in [-0.39, 0.29) is 21.6 Å². The van der Waals surface area contributed by atoms with Crippen LogP contribution < -0.4 is 4.72 Å². The predicted molar refractivity (Wildman–Crippen MR) is 94.0 cm³/mol. The Morgan fingerprint density at radius 2 is 1.71 bits per heavy atom. The van der Waals surface area contributed by atoms with Crippen molar-refractivity contribution in [3.63, 3.8) is 0 Å². The first-order chi connectivity index (χ1) is 13.2. The molecule has 0 saturated heterocycles. The van der Waals surface area contributed by atoms with E-state index in [0.717, 1.165) is 6.07 Å². The Bertz CT molecular complexity index is 1100. The molecule has 2 amide bonds. The van der Waals surface area contributed by atoms with Gasteiger partial charge in [-0.3, -0.25) is 9.59 Å². The molecule has 28 heavy (non-hydrogen) atoms. The number of nitrogens with zero attached hydrogens (tertiary/aromatic N) is 2. The Hall–Kier alpha value is -3.55. The fraction of sp³-hybridized carbons (Fsp3) is 0.111. The second kappa shape index (κ2) is 7.22. The van der Waals surface area contributed by atoms with Crippen molar-refractivity contribution < 1.29 is 27.6 Å². The second-order valence-corrected chi connectivity index (χ2v) is 7.56. The molecule has 0 bridgehead atoms. The molecule has 0 saturated carbocycles. The van der Waals surface area contributed by atoms with E-state index in [9.17, 15) is 22.8 Å². The van der Waals surface area contributed by atoms with Crippen LogP contribution in [0.2, 0.25) is 0 Å². The van der Waals surface area contributed by atoms with Crippen molar-refractivity contribution in [2.24, 2.45) is 0 Å². The SMILES string of the molecule is CC(NS(=O)(=O)c1cccc(C#N)c1)C(=O)ON1C(=O)c2ccccc2C1=O. The first-order valence-electron chi connectivity index (χ1n) is 7.96. The number of hydrogen-bond acceptors (Lipinski definition) is 7. The number of amides is 2. The van der Waals surface area contributed by atoms with Crippen LogP contribution >= 0.6 is 0 Å². The number of fused-ring (bicyclic) bond motifs is 1. The van der Waals surface area contributed by atoms with Crippen LogP contribution in [-0.4, -0.2) is 37.3 Å². The van der Waals surface area contributed by atoms with Crippen LogP contribution in [0.1, 0.15) is 33.2 Å². The Morgan fingerprint density at radius 3 is 2.29 bits per heavy atom. The molecule has 0 fully saturated rings. The summed E-state index contributed by atoms with van der Waals surface area (Å²) in [5, 5.41) is 9.17. The fourth-order valence-corrected chi connectivity index (χ4v) is 3.74. The van der Waals surface area contributed by atoms with E-state index in [1.165, 1.54) is 37.3 Å². The average molecular weight is 399 g/mol. The van der Waals surface area contributed by atoms with Gasteiger partial charge in [0, 0.05) is 0 Å². The third kappa shape index (κ3) is 3.48. The highest BCUT2D eigenvalue weighted by molar-refractivity contribution is 7.89. The van der Waals surface area contributed by atoms with Crippen molar-refractivity contribution >= 4 is 27.8 Å². The number of nitrogens with one attached hydrogen (secondary N) is 1. The van der Waals surface area contributed by atoms with Gasteiger partial charge in [0.25, 0.3) is 11.8 Å². The first-order valence-corrected chi connectivity index (χ1v) is 9.45. The first kappa shape index (κ1) is 19.2. The van der Waals surface area contributed by atoms with E-state index < -0.39 is 33.8 Å². The van der Waals surface area contributed by atoms with Gasteiger partial charge in [-0.05, 0) is 37.3 Å². The van der Waals surface area contributed by atoms with E-state index in [1.807, 2.05) is 6.07 Å². The van der Waals surface area contributed by atoms with Crippen LogP contribution in [0.3, 0.4) is 0 Å². The molecule has 0 aliphatic carbocycles. The van der Waals surface area contributed by atoms with Crippen molar-refractivity contribution in [1.82, 2.24) is 9.79 Å². The van der Waals surface area contributed by atoms with Gasteiger partial charge in [0.05, 0.1) is 27.7 Å². The normalized spacial score (nSPS) is 14.4. The van der Waals surface area contributed by atoms with Gasteiger partial charge in [-0.15, -0.1) is 0 Å². The number of hydroxylamine groups is 2. The van der Waals surface area contributed by atoms with Crippen LogP contribution in [-0.2, 0) is 19.7 Å². The predicted octanol–water partition coefficient (Wildman–Crippen LogP) is 0.979. The maximum absolute atomic E-state index is 12.4. The maximum Gasteiger partial charge on any atom is 0.350 e. The van der Waals surface area contributed by atoms with Gasteiger partial charge >= 0.3 is 5.97 Å². The van der Waals surface area contributed by atoms with Gasteiger partial charge in [-0.25, -0.2) is 13.2 Å². The van der Waals surface area contributed by atoms with E-state index >= 15 is 0 Å². The number of rotatable bonds is 5. The zero-order chi connectivity index (χ0) is 20.5. The molecule has 0 aromatic heterocycles. The Labute approximate surface area is 160 Å². The van der Waals surface area contributed by atoms with Crippen LogP contribution in [0.15, 0.2) is 53.4 Å². The lowest BCUT2D eigenvalue weighted by Gasteiger charge is -2.17. The smallest absolute Gasteiger partial charge is 0.328 e. The van der Waals surface area contributed by atoms with E-state index in [4.69, 9.17) is 10.1 Å². The quantitative estimate of drug-likeness (QED) is 0.741. The summed E-state index contributed by atoms with van der Waals surface area (Å²) in [5.74, 6) is -2.77. The Balaban J connectivity index is 1.73. The van der Waals surface area contributed by atoms with Gasteiger partial charge in [-0.1, -0.05) is 23.3 Å². The minimum Gasteiger partial charge on any atom is -0.328 e. The number of carbonyl (C=O) groups is 3. The third-order valence-electron chi connectivity index (χ3n) is 3.90. The van der Waals surface area contributed by atoms with Gasteiger partial charge in [0.2, 0.25) is 10.0 Å². The minimum absolute atomic E-state index is 0.0850. The molecule has 2 aromatic rings. The molecular weight excluding hydrogens is 386 g/mol. The summed E-state index contributed by atoms with van der Waals surface area (Å²) in [7, 11) is -4.14. The molecule has 0 radical (unpaired) electrons. The molecule has 1 unspecified atom stereocenters.